The van der Waals surface area contributed by atoms with Crippen molar-refractivity contribution in [3.63, 3.8) is 0 Å². The van der Waals surface area contributed by atoms with Crippen LogP contribution in [0, 0.1) is 0 Å². The number of hydrogen-bond acceptors (Lipinski definition) is 8. The largest absolute Gasteiger partial charge is 0.480 e. The van der Waals surface area contributed by atoms with Crippen molar-refractivity contribution in [2.75, 3.05) is 19.8 Å². The van der Waals surface area contributed by atoms with Gasteiger partial charge in [-0.05, 0) is 44.9 Å². The number of carboxylic acid groups (broad SMARTS) is 1. The van der Waals surface area contributed by atoms with E-state index in [1.165, 1.54) is 38.5 Å². The monoisotopic (exact) mass is 629 g/mol. The molecule has 43 heavy (non-hydrogen) atoms. The highest BCUT2D eigenvalue weighted by Gasteiger charge is 2.26. The number of ether oxygens (including phenoxy) is 1. The molecular formula is C32H56NO9P. The van der Waals surface area contributed by atoms with E-state index in [2.05, 4.69) is 64.6 Å². The van der Waals surface area contributed by atoms with E-state index < -0.39 is 51.7 Å². The number of aliphatic carboxylic acids is 1. The average molecular weight is 630 g/mol. The lowest BCUT2D eigenvalue weighted by Gasteiger charge is -2.16. The van der Waals surface area contributed by atoms with Crippen LogP contribution in [0.2, 0.25) is 0 Å². The first kappa shape index (κ1) is 40.9. The number of esters is 1. The summed E-state index contributed by atoms with van der Waals surface area (Å²) in [7, 11) is -4.59. The summed E-state index contributed by atoms with van der Waals surface area (Å²) in [4.78, 5) is 31.9. The summed E-state index contributed by atoms with van der Waals surface area (Å²) in [6, 6.07) is -1.49. The second-order valence-electron chi connectivity index (χ2n) is 10.4. The molecular weight excluding hydrogens is 573 g/mol. The Labute approximate surface area is 258 Å². The molecule has 0 aliphatic rings. The molecule has 0 amide bonds. The predicted molar refractivity (Wildman–Crippen MR) is 170 cm³/mol. The molecule has 0 bridgehead atoms. The maximum Gasteiger partial charge on any atom is 0.472 e. The maximum absolute atomic E-state index is 11.8. The van der Waals surface area contributed by atoms with Crippen LogP contribution in [-0.2, 0) is 27.9 Å². The average Bonchev–Trinajstić information content (AvgIpc) is 2.98. The number of rotatable bonds is 29. The number of unbranched alkanes of at least 4 members (excludes halogenated alkanes) is 10. The van der Waals surface area contributed by atoms with Gasteiger partial charge in [-0.3, -0.25) is 18.6 Å². The van der Waals surface area contributed by atoms with Crippen LogP contribution in [0.1, 0.15) is 110 Å². The smallest absolute Gasteiger partial charge is 0.472 e. The van der Waals surface area contributed by atoms with Crippen LogP contribution in [0.3, 0.4) is 0 Å². The first-order valence-electron chi connectivity index (χ1n) is 15.7. The van der Waals surface area contributed by atoms with Crippen molar-refractivity contribution in [3.05, 3.63) is 48.6 Å². The van der Waals surface area contributed by atoms with E-state index in [1.807, 2.05) is 0 Å². The quantitative estimate of drug-likeness (QED) is 0.0295. The first-order valence-corrected chi connectivity index (χ1v) is 17.2. The Kier molecular flexibility index (Phi) is 27.3. The van der Waals surface area contributed by atoms with Crippen molar-refractivity contribution in [1.82, 2.24) is 0 Å². The zero-order chi connectivity index (χ0) is 32.0. The lowest BCUT2D eigenvalue weighted by Crippen LogP contribution is -2.34. The number of phosphoric ester groups is 1. The zero-order valence-electron chi connectivity index (χ0n) is 26.0. The normalized spacial score (nSPS) is 15.1. The maximum atomic E-state index is 11.8. The van der Waals surface area contributed by atoms with Gasteiger partial charge in [0.05, 0.1) is 13.2 Å². The fraction of sp³-hybridized carbons (Fsp3) is 0.688. The number of carbonyl (C=O) groups excluding carboxylic acids is 1. The lowest BCUT2D eigenvalue weighted by molar-refractivity contribution is -0.147. The molecule has 5 N–H and O–H groups in total. The van der Waals surface area contributed by atoms with Crippen LogP contribution in [0.25, 0.3) is 0 Å². The third-order valence-electron chi connectivity index (χ3n) is 6.32. The number of carboxylic acids is 1. The molecule has 0 heterocycles. The molecule has 11 heteroatoms. The summed E-state index contributed by atoms with van der Waals surface area (Å²) < 4.78 is 25.6. The van der Waals surface area contributed by atoms with E-state index in [4.69, 9.17) is 15.6 Å². The molecule has 0 spiro atoms. The molecule has 3 atom stereocenters. The van der Waals surface area contributed by atoms with Gasteiger partial charge >= 0.3 is 19.8 Å². The third-order valence-corrected chi connectivity index (χ3v) is 7.27. The highest BCUT2D eigenvalue weighted by Crippen LogP contribution is 2.43. The summed E-state index contributed by atoms with van der Waals surface area (Å²) in [5.74, 6) is -1.86. The standard InChI is InChI=1S/C32H56NO9P/c1-2-3-4-5-6-7-8-9-10-11-12-13-14-15-16-17-18-19-20-21-22-23-24-25-31(35)40-26-29(34)27-41-43(38,39)42-28-30(33)32(36)37/h3-4,6-7,9-10,12-13,29-30,34H,2,5,8,11,14-28,33H2,1H3,(H,36,37)(H,38,39)/b4-3-,7-6-,10-9-,13-12-. The van der Waals surface area contributed by atoms with E-state index in [9.17, 15) is 24.2 Å². The number of aliphatic hydroxyl groups is 1. The second-order valence-corrected chi connectivity index (χ2v) is 11.9. The summed E-state index contributed by atoms with van der Waals surface area (Å²) >= 11 is 0. The van der Waals surface area contributed by atoms with Gasteiger partial charge in [-0.25, -0.2) is 4.57 Å². The Morgan fingerprint density at radius 2 is 1.19 bits per heavy atom. The number of aliphatic hydroxyl groups excluding tert-OH is 1. The van der Waals surface area contributed by atoms with Crippen LogP contribution in [0.15, 0.2) is 48.6 Å². The van der Waals surface area contributed by atoms with Gasteiger partial charge in [0, 0.05) is 6.42 Å². The second kappa shape index (κ2) is 28.7. The molecule has 0 aliphatic heterocycles. The molecule has 0 aromatic heterocycles. The van der Waals surface area contributed by atoms with Crippen molar-refractivity contribution in [2.24, 2.45) is 5.73 Å². The summed E-state index contributed by atoms with van der Waals surface area (Å²) in [5, 5.41) is 18.4. The number of phosphoric acid groups is 1. The van der Waals surface area contributed by atoms with Crippen LogP contribution < -0.4 is 5.73 Å². The minimum atomic E-state index is -4.59. The van der Waals surface area contributed by atoms with Gasteiger partial charge < -0.3 is 25.6 Å². The Morgan fingerprint density at radius 1 is 0.721 bits per heavy atom. The SMILES string of the molecule is CC/C=C\C/C=C\C/C=C\C/C=C\CCCCCCCCCCCCC(=O)OCC(O)COP(=O)(O)OCC(N)C(=O)O. The summed E-state index contributed by atoms with van der Waals surface area (Å²) in [6.45, 7) is 0.390. The Balaban J connectivity index is 3.54. The predicted octanol–water partition coefficient (Wildman–Crippen LogP) is 6.92. The molecule has 0 saturated carbocycles. The fourth-order valence-electron chi connectivity index (χ4n) is 3.82. The number of hydrogen-bond donors (Lipinski definition) is 4. The topological polar surface area (TPSA) is 166 Å². The van der Waals surface area contributed by atoms with E-state index >= 15 is 0 Å². The van der Waals surface area contributed by atoms with Crippen molar-refractivity contribution >= 4 is 19.8 Å². The van der Waals surface area contributed by atoms with Crippen LogP contribution >= 0.6 is 7.82 Å². The van der Waals surface area contributed by atoms with Crippen LogP contribution in [0.4, 0.5) is 0 Å². The third kappa shape index (κ3) is 29.8. The molecule has 0 rings (SSSR count). The van der Waals surface area contributed by atoms with Gasteiger partial charge in [0.1, 0.15) is 18.8 Å². The molecule has 248 valence electrons. The van der Waals surface area contributed by atoms with Gasteiger partial charge in [-0.15, -0.1) is 0 Å². The van der Waals surface area contributed by atoms with Gasteiger partial charge in [-0.2, -0.15) is 0 Å². The Morgan fingerprint density at radius 3 is 1.72 bits per heavy atom. The summed E-state index contributed by atoms with van der Waals surface area (Å²) in [5.41, 5.74) is 5.17. The molecule has 3 unspecified atom stereocenters. The molecule has 0 fully saturated rings. The van der Waals surface area contributed by atoms with Gasteiger partial charge in [-0.1, -0.05) is 107 Å². The van der Waals surface area contributed by atoms with Crippen LogP contribution in [0.5, 0.6) is 0 Å². The Hall–Kier alpha value is -2.07. The van der Waals surface area contributed by atoms with E-state index in [0.29, 0.717) is 6.42 Å². The summed E-state index contributed by atoms with van der Waals surface area (Å²) in [6.07, 6.45) is 33.3. The van der Waals surface area contributed by atoms with Gasteiger partial charge in [0.25, 0.3) is 0 Å². The highest BCUT2D eigenvalue weighted by molar-refractivity contribution is 7.47. The van der Waals surface area contributed by atoms with Gasteiger partial charge in [0.2, 0.25) is 0 Å². The van der Waals surface area contributed by atoms with Gasteiger partial charge in [0.15, 0.2) is 0 Å². The van der Waals surface area contributed by atoms with Crippen molar-refractivity contribution in [2.45, 2.75) is 122 Å². The van der Waals surface area contributed by atoms with E-state index in [0.717, 1.165) is 51.4 Å². The molecule has 0 saturated heterocycles. The van der Waals surface area contributed by atoms with Crippen molar-refractivity contribution < 1.29 is 43.0 Å². The van der Waals surface area contributed by atoms with Crippen molar-refractivity contribution in [3.8, 4) is 0 Å². The molecule has 10 nitrogen and oxygen atoms in total. The molecule has 0 aliphatic carbocycles. The van der Waals surface area contributed by atoms with E-state index in [1.54, 1.807) is 0 Å². The lowest BCUT2D eigenvalue weighted by atomic mass is 10.1. The van der Waals surface area contributed by atoms with E-state index in [-0.39, 0.29) is 6.42 Å². The van der Waals surface area contributed by atoms with Crippen LogP contribution in [-0.4, -0.2) is 59.0 Å². The fourth-order valence-corrected chi connectivity index (χ4v) is 4.60. The van der Waals surface area contributed by atoms with Crippen molar-refractivity contribution in [1.29, 1.82) is 0 Å². The number of carbonyl (C=O) groups is 2. The molecule has 0 aromatic carbocycles. The number of nitrogens with two attached hydrogens (primary N) is 1. The zero-order valence-corrected chi connectivity index (χ0v) is 26.9. The minimum Gasteiger partial charge on any atom is -0.480 e. The molecule has 0 radical (unpaired) electrons. The first-order chi connectivity index (χ1) is 20.7. The highest BCUT2D eigenvalue weighted by atomic mass is 31.2. The minimum absolute atomic E-state index is 0.238. The Bertz CT molecular complexity index is 873. The number of allylic oxidation sites excluding steroid dienone is 8. The molecule has 0 aromatic rings.